The van der Waals surface area contributed by atoms with Crippen molar-refractivity contribution in [1.29, 1.82) is 0 Å². The smallest absolute Gasteiger partial charge is 0.275 e. The molecule has 3 N–H and O–H groups in total. The Hall–Kier alpha value is -2.07. The first-order valence-corrected chi connectivity index (χ1v) is 7.30. The lowest BCUT2D eigenvalue weighted by Gasteiger charge is -2.07. The molecule has 4 nitrogen and oxygen atoms in total. The second-order valence-electron chi connectivity index (χ2n) is 4.82. The van der Waals surface area contributed by atoms with Crippen LogP contribution in [0.15, 0.2) is 36.4 Å². The molecule has 0 saturated heterocycles. The zero-order chi connectivity index (χ0) is 15.2. The van der Waals surface area contributed by atoms with Crippen molar-refractivity contribution in [3.63, 3.8) is 0 Å². The summed E-state index contributed by atoms with van der Waals surface area (Å²) in [5.41, 5.74) is 7.67. The predicted molar refractivity (Wildman–Crippen MR) is 86.7 cm³/mol. The van der Waals surface area contributed by atoms with E-state index in [1.807, 2.05) is 24.3 Å². The molecule has 0 aliphatic heterocycles. The number of hydrogen-bond acceptors (Lipinski definition) is 3. The average molecular weight is 304 g/mol. The van der Waals surface area contributed by atoms with Gasteiger partial charge in [0.2, 0.25) is 0 Å². The minimum atomic E-state index is -0.367. The zero-order valence-corrected chi connectivity index (χ0v) is 12.7. The quantitative estimate of drug-likeness (QED) is 0.880. The first kappa shape index (κ1) is 15.3. The molecule has 2 rings (SSSR count). The Morgan fingerprint density at radius 2 is 1.95 bits per heavy atom. The van der Waals surface area contributed by atoms with Gasteiger partial charge in [-0.15, -0.1) is 0 Å². The molecule has 0 bridgehead atoms. The number of nitrogens with two attached hydrogens (primary N) is 1. The SMILES string of the molecule is CCCCc1ccc(NC(=O)c2nc(N)ccc2Cl)cc1. The van der Waals surface area contributed by atoms with Gasteiger partial charge in [0, 0.05) is 5.69 Å². The van der Waals surface area contributed by atoms with E-state index in [0.29, 0.717) is 5.69 Å². The number of aryl methyl sites for hydroxylation is 1. The minimum Gasteiger partial charge on any atom is -0.384 e. The van der Waals surface area contributed by atoms with E-state index in [2.05, 4.69) is 17.2 Å². The number of amides is 1. The number of carbonyl (C=O) groups excluding carboxylic acids is 1. The Morgan fingerprint density at radius 1 is 1.24 bits per heavy atom. The number of carbonyl (C=O) groups is 1. The lowest BCUT2D eigenvalue weighted by Crippen LogP contribution is -2.15. The van der Waals surface area contributed by atoms with Crippen molar-refractivity contribution in [2.45, 2.75) is 26.2 Å². The highest BCUT2D eigenvalue weighted by atomic mass is 35.5. The number of hydrogen-bond donors (Lipinski definition) is 2. The Bertz CT molecular complexity index is 626. The van der Waals surface area contributed by atoms with Crippen LogP contribution in [-0.2, 0) is 6.42 Å². The summed E-state index contributed by atoms with van der Waals surface area (Å²) in [4.78, 5) is 16.1. The van der Waals surface area contributed by atoms with Gasteiger partial charge >= 0.3 is 0 Å². The van der Waals surface area contributed by atoms with E-state index in [4.69, 9.17) is 17.3 Å². The van der Waals surface area contributed by atoms with Gasteiger partial charge < -0.3 is 11.1 Å². The summed E-state index contributed by atoms with van der Waals surface area (Å²) in [6, 6.07) is 10.9. The van der Waals surface area contributed by atoms with Crippen molar-refractivity contribution in [3.8, 4) is 0 Å². The Morgan fingerprint density at radius 3 is 2.62 bits per heavy atom. The second-order valence-corrected chi connectivity index (χ2v) is 5.23. The van der Waals surface area contributed by atoms with Gasteiger partial charge in [-0.25, -0.2) is 4.98 Å². The lowest BCUT2D eigenvalue weighted by atomic mass is 10.1. The summed E-state index contributed by atoms with van der Waals surface area (Å²) in [6.07, 6.45) is 3.37. The van der Waals surface area contributed by atoms with E-state index in [9.17, 15) is 4.79 Å². The van der Waals surface area contributed by atoms with Gasteiger partial charge in [-0.05, 0) is 42.7 Å². The molecular weight excluding hydrogens is 286 g/mol. The third kappa shape index (κ3) is 4.20. The lowest BCUT2D eigenvalue weighted by molar-refractivity contribution is 0.102. The second kappa shape index (κ2) is 7.09. The van der Waals surface area contributed by atoms with Crippen molar-refractivity contribution < 1.29 is 4.79 Å². The van der Waals surface area contributed by atoms with Gasteiger partial charge in [0.15, 0.2) is 0 Å². The van der Waals surface area contributed by atoms with Gasteiger partial charge in [-0.2, -0.15) is 0 Å². The molecule has 0 radical (unpaired) electrons. The minimum absolute atomic E-state index is 0.131. The van der Waals surface area contributed by atoms with Crippen LogP contribution in [0.4, 0.5) is 11.5 Å². The van der Waals surface area contributed by atoms with Gasteiger partial charge in [-0.1, -0.05) is 37.1 Å². The summed E-state index contributed by atoms with van der Waals surface area (Å²) in [5, 5.41) is 3.05. The van der Waals surface area contributed by atoms with Crippen LogP contribution in [0, 0.1) is 0 Å². The van der Waals surface area contributed by atoms with Gasteiger partial charge in [0.25, 0.3) is 5.91 Å². The molecule has 0 unspecified atom stereocenters. The number of nitrogens with one attached hydrogen (secondary N) is 1. The van der Waals surface area contributed by atoms with Crippen molar-refractivity contribution in [2.24, 2.45) is 0 Å². The molecule has 0 aliphatic carbocycles. The van der Waals surface area contributed by atoms with Gasteiger partial charge in [-0.3, -0.25) is 4.79 Å². The first-order valence-electron chi connectivity index (χ1n) is 6.92. The maximum atomic E-state index is 12.1. The number of benzene rings is 1. The number of nitrogens with zero attached hydrogens (tertiary/aromatic N) is 1. The van der Waals surface area contributed by atoms with E-state index < -0.39 is 0 Å². The first-order chi connectivity index (χ1) is 10.1. The summed E-state index contributed by atoms with van der Waals surface area (Å²) in [6.45, 7) is 2.16. The topological polar surface area (TPSA) is 68.0 Å². The van der Waals surface area contributed by atoms with E-state index >= 15 is 0 Å². The fraction of sp³-hybridized carbons (Fsp3) is 0.250. The average Bonchev–Trinajstić information content (AvgIpc) is 2.49. The van der Waals surface area contributed by atoms with Crippen molar-refractivity contribution in [1.82, 2.24) is 4.98 Å². The van der Waals surface area contributed by atoms with Crippen LogP contribution >= 0.6 is 11.6 Å². The molecule has 1 heterocycles. The number of halogens is 1. The molecule has 21 heavy (non-hydrogen) atoms. The van der Waals surface area contributed by atoms with Crippen LogP contribution in [0.1, 0.15) is 35.8 Å². The molecule has 1 aromatic heterocycles. The summed E-state index contributed by atoms with van der Waals surface area (Å²) in [5.74, 6) is -0.104. The van der Waals surface area contributed by atoms with Crippen LogP contribution in [-0.4, -0.2) is 10.9 Å². The summed E-state index contributed by atoms with van der Waals surface area (Å²) >= 11 is 5.96. The standard InChI is InChI=1S/C16H18ClN3O/c1-2-3-4-11-5-7-12(8-6-11)19-16(21)15-13(17)9-10-14(18)20-15/h5-10H,2-4H2,1H3,(H2,18,20)(H,19,21). The molecule has 1 aromatic carbocycles. The zero-order valence-electron chi connectivity index (χ0n) is 11.9. The van der Waals surface area contributed by atoms with Crippen molar-refractivity contribution >= 4 is 29.0 Å². The maximum Gasteiger partial charge on any atom is 0.275 e. The molecule has 5 heteroatoms. The number of pyridine rings is 1. The van der Waals surface area contributed by atoms with Crippen LogP contribution in [0.3, 0.4) is 0 Å². The predicted octanol–water partition coefficient (Wildman–Crippen LogP) is 3.91. The van der Waals surface area contributed by atoms with Gasteiger partial charge in [0.05, 0.1) is 5.02 Å². The molecule has 2 aromatic rings. The molecule has 0 aliphatic rings. The van der Waals surface area contributed by atoms with Gasteiger partial charge in [0.1, 0.15) is 11.5 Å². The van der Waals surface area contributed by atoms with E-state index in [0.717, 1.165) is 19.3 Å². The Kier molecular flexibility index (Phi) is 5.17. The highest BCUT2D eigenvalue weighted by Gasteiger charge is 2.12. The molecule has 0 atom stereocenters. The molecule has 1 amide bonds. The van der Waals surface area contributed by atoms with Crippen molar-refractivity contribution in [3.05, 3.63) is 52.7 Å². The van der Waals surface area contributed by atoms with Crippen molar-refractivity contribution in [2.75, 3.05) is 11.1 Å². The van der Waals surface area contributed by atoms with E-state index in [1.54, 1.807) is 12.1 Å². The van der Waals surface area contributed by atoms with Crippen LogP contribution in [0.2, 0.25) is 5.02 Å². The molecule has 110 valence electrons. The summed E-state index contributed by atoms with van der Waals surface area (Å²) in [7, 11) is 0. The number of anilines is 2. The van der Waals surface area contributed by atoms with Crippen LogP contribution in [0.5, 0.6) is 0 Å². The number of unbranched alkanes of at least 4 members (excludes halogenated alkanes) is 1. The molecule has 0 fully saturated rings. The van der Waals surface area contributed by atoms with Crippen LogP contribution in [0.25, 0.3) is 0 Å². The highest BCUT2D eigenvalue weighted by molar-refractivity contribution is 6.34. The highest BCUT2D eigenvalue weighted by Crippen LogP contribution is 2.18. The number of nitrogen functional groups attached to an aromatic ring is 1. The third-order valence-corrected chi connectivity index (χ3v) is 3.42. The number of rotatable bonds is 5. The number of aromatic nitrogens is 1. The molecular formula is C16H18ClN3O. The fourth-order valence-corrected chi connectivity index (χ4v) is 2.13. The van der Waals surface area contributed by atoms with Crippen LogP contribution < -0.4 is 11.1 Å². The third-order valence-electron chi connectivity index (χ3n) is 3.11. The molecule has 0 spiro atoms. The van der Waals surface area contributed by atoms with E-state index in [1.165, 1.54) is 5.56 Å². The molecule has 0 saturated carbocycles. The summed E-state index contributed by atoms with van der Waals surface area (Å²) < 4.78 is 0. The normalized spacial score (nSPS) is 10.4. The Labute approximate surface area is 129 Å². The fourth-order valence-electron chi connectivity index (χ4n) is 1.94. The largest absolute Gasteiger partial charge is 0.384 e. The monoisotopic (exact) mass is 303 g/mol. The van der Waals surface area contributed by atoms with E-state index in [-0.39, 0.29) is 22.4 Å². The maximum absolute atomic E-state index is 12.1. The Balaban J connectivity index is 2.07.